The van der Waals surface area contributed by atoms with Crippen molar-refractivity contribution in [3.63, 3.8) is 0 Å². The van der Waals surface area contributed by atoms with E-state index < -0.39 is 0 Å². The van der Waals surface area contributed by atoms with Gasteiger partial charge < -0.3 is 15.0 Å². The van der Waals surface area contributed by atoms with Crippen molar-refractivity contribution < 1.29 is 14.3 Å². The summed E-state index contributed by atoms with van der Waals surface area (Å²) in [6, 6.07) is 10.3. The van der Waals surface area contributed by atoms with E-state index in [1.165, 1.54) is 13.2 Å². The number of fused-ring (bicyclic) bond motifs is 1. The van der Waals surface area contributed by atoms with E-state index in [2.05, 4.69) is 5.32 Å². The predicted molar refractivity (Wildman–Crippen MR) is 103 cm³/mol. The monoisotopic (exact) mass is 392 g/mol. The first kappa shape index (κ1) is 18.7. The quantitative estimate of drug-likeness (QED) is 0.848. The van der Waals surface area contributed by atoms with Crippen LogP contribution in [-0.2, 0) is 16.0 Å². The molecule has 26 heavy (non-hydrogen) atoms. The molecule has 0 aromatic heterocycles. The number of ether oxygens (including phenoxy) is 1. The van der Waals surface area contributed by atoms with Gasteiger partial charge in [0.25, 0.3) is 11.8 Å². The van der Waals surface area contributed by atoms with E-state index in [4.69, 9.17) is 27.9 Å². The predicted octanol–water partition coefficient (Wildman–Crippen LogP) is 4.17. The van der Waals surface area contributed by atoms with Gasteiger partial charge in [0.15, 0.2) is 0 Å². The molecule has 2 aromatic carbocycles. The third kappa shape index (κ3) is 4.01. The summed E-state index contributed by atoms with van der Waals surface area (Å²) in [5.41, 5.74) is 2.98. The van der Waals surface area contributed by atoms with Gasteiger partial charge in [-0.1, -0.05) is 23.2 Å². The number of methoxy groups -OCH3 is 1. The molecule has 1 heterocycles. The summed E-state index contributed by atoms with van der Waals surface area (Å²) in [6.45, 7) is 0.722. The number of benzene rings is 2. The minimum absolute atomic E-state index is 0.0508. The normalized spacial score (nSPS) is 13.3. The fourth-order valence-electron chi connectivity index (χ4n) is 2.98. The lowest BCUT2D eigenvalue weighted by Crippen LogP contribution is -2.37. The first-order chi connectivity index (χ1) is 12.5. The van der Waals surface area contributed by atoms with Crippen molar-refractivity contribution in [2.75, 3.05) is 30.5 Å². The Morgan fingerprint density at radius 2 is 1.96 bits per heavy atom. The summed E-state index contributed by atoms with van der Waals surface area (Å²) in [6.07, 6.45) is 1.72. The SMILES string of the molecule is COCC(=O)N1CCCc2cc(NC(=O)c3ccc(Cl)c(Cl)c3)ccc21. The van der Waals surface area contributed by atoms with Crippen LogP contribution in [0, 0.1) is 0 Å². The molecule has 1 aliphatic heterocycles. The number of aryl methyl sites for hydroxylation is 1. The molecule has 2 amide bonds. The molecule has 0 saturated carbocycles. The Labute approximate surface area is 161 Å². The van der Waals surface area contributed by atoms with E-state index in [0.29, 0.717) is 27.8 Å². The number of carbonyl (C=O) groups is 2. The topological polar surface area (TPSA) is 58.6 Å². The molecule has 0 saturated heterocycles. The van der Waals surface area contributed by atoms with Crippen LogP contribution in [0.3, 0.4) is 0 Å². The Kier molecular flexibility index (Phi) is 5.81. The van der Waals surface area contributed by atoms with Crippen LogP contribution in [0.2, 0.25) is 10.0 Å². The Balaban J connectivity index is 1.79. The summed E-state index contributed by atoms with van der Waals surface area (Å²) in [5.74, 6) is -0.340. The van der Waals surface area contributed by atoms with E-state index >= 15 is 0 Å². The highest BCUT2D eigenvalue weighted by Gasteiger charge is 2.22. The van der Waals surface area contributed by atoms with Crippen molar-refractivity contribution in [3.05, 3.63) is 57.6 Å². The summed E-state index contributed by atoms with van der Waals surface area (Å²) >= 11 is 11.8. The van der Waals surface area contributed by atoms with Gasteiger partial charge in [0.2, 0.25) is 0 Å². The van der Waals surface area contributed by atoms with Crippen molar-refractivity contribution in [3.8, 4) is 0 Å². The van der Waals surface area contributed by atoms with E-state index in [0.717, 1.165) is 24.1 Å². The molecule has 0 radical (unpaired) electrons. The van der Waals surface area contributed by atoms with Gasteiger partial charge in [-0.05, 0) is 54.8 Å². The largest absolute Gasteiger partial charge is 0.375 e. The number of hydrogen-bond acceptors (Lipinski definition) is 3. The number of amides is 2. The van der Waals surface area contributed by atoms with Gasteiger partial charge in [-0.15, -0.1) is 0 Å². The van der Waals surface area contributed by atoms with Gasteiger partial charge >= 0.3 is 0 Å². The van der Waals surface area contributed by atoms with E-state index in [1.54, 1.807) is 23.1 Å². The molecule has 0 aliphatic carbocycles. The smallest absolute Gasteiger partial charge is 0.255 e. The molecule has 0 fully saturated rings. The molecule has 7 heteroatoms. The fourth-order valence-corrected chi connectivity index (χ4v) is 3.27. The molecule has 2 aromatic rings. The van der Waals surface area contributed by atoms with E-state index in [1.807, 2.05) is 12.1 Å². The number of nitrogens with zero attached hydrogens (tertiary/aromatic N) is 1. The average Bonchev–Trinajstić information content (AvgIpc) is 2.63. The minimum Gasteiger partial charge on any atom is -0.375 e. The Bertz CT molecular complexity index is 855. The molecule has 136 valence electrons. The van der Waals surface area contributed by atoms with Gasteiger partial charge in [0.1, 0.15) is 6.61 Å². The second-order valence-corrected chi connectivity index (χ2v) is 6.82. The number of anilines is 2. The molecule has 1 N–H and O–H groups in total. The van der Waals surface area contributed by atoms with Crippen molar-refractivity contribution in [2.24, 2.45) is 0 Å². The zero-order chi connectivity index (χ0) is 18.7. The first-order valence-corrected chi connectivity index (χ1v) is 8.94. The first-order valence-electron chi connectivity index (χ1n) is 8.18. The van der Waals surface area contributed by atoms with E-state index in [-0.39, 0.29) is 18.4 Å². The van der Waals surface area contributed by atoms with Crippen LogP contribution in [0.1, 0.15) is 22.3 Å². The molecular weight excluding hydrogens is 375 g/mol. The number of carbonyl (C=O) groups excluding carboxylic acids is 2. The van der Waals surface area contributed by atoms with Gasteiger partial charge in [0, 0.05) is 30.6 Å². The van der Waals surface area contributed by atoms with Crippen LogP contribution in [-0.4, -0.2) is 32.1 Å². The van der Waals surface area contributed by atoms with Crippen LogP contribution in [0.5, 0.6) is 0 Å². The van der Waals surface area contributed by atoms with Crippen molar-refractivity contribution in [1.29, 1.82) is 0 Å². The molecule has 1 aliphatic rings. The lowest BCUT2D eigenvalue weighted by molar-refractivity contribution is -0.122. The van der Waals surface area contributed by atoms with Crippen molar-refractivity contribution in [2.45, 2.75) is 12.8 Å². The molecule has 3 rings (SSSR count). The minimum atomic E-state index is -0.272. The summed E-state index contributed by atoms with van der Waals surface area (Å²) in [5, 5.41) is 3.59. The molecular formula is C19H18Cl2N2O3. The van der Waals surface area contributed by atoms with Gasteiger partial charge in [-0.2, -0.15) is 0 Å². The highest BCUT2D eigenvalue weighted by molar-refractivity contribution is 6.42. The van der Waals surface area contributed by atoms with Crippen LogP contribution in [0.4, 0.5) is 11.4 Å². The zero-order valence-corrected chi connectivity index (χ0v) is 15.7. The standard InChI is InChI=1S/C19H18Cl2N2O3/c1-26-11-18(24)23-8-2-3-12-9-14(5-7-17(12)23)22-19(25)13-4-6-15(20)16(21)10-13/h4-7,9-10H,2-3,8,11H2,1H3,(H,22,25). The number of hydrogen-bond donors (Lipinski definition) is 1. The van der Waals surface area contributed by atoms with Crippen LogP contribution in [0.15, 0.2) is 36.4 Å². The van der Waals surface area contributed by atoms with Crippen LogP contribution in [0.25, 0.3) is 0 Å². The molecule has 0 atom stereocenters. The number of nitrogens with one attached hydrogen (secondary N) is 1. The van der Waals surface area contributed by atoms with Gasteiger partial charge in [0.05, 0.1) is 10.0 Å². The zero-order valence-electron chi connectivity index (χ0n) is 14.2. The van der Waals surface area contributed by atoms with Gasteiger partial charge in [-0.3, -0.25) is 9.59 Å². The summed E-state index contributed by atoms with van der Waals surface area (Å²) in [7, 11) is 1.50. The summed E-state index contributed by atoms with van der Waals surface area (Å²) in [4.78, 5) is 26.3. The highest BCUT2D eigenvalue weighted by Crippen LogP contribution is 2.30. The van der Waals surface area contributed by atoms with Crippen molar-refractivity contribution >= 4 is 46.4 Å². The second-order valence-electron chi connectivity index (χ2n) is 6.01. The maximum atomic E-state index is 12.4. The van der Waals surface area contributed by atoms with Crippen molar-refractivity contribution in [1.82, 2.24) is 0 Å². The molecule has 0 unspecified atom stereocenters. The third-order valence-corrected chi connectivity index (χ3v) is 4.95. The maximum Gasteiger partial charge on any atom is 0.255 e. The van der Waals surface area contributed by atoms with E-state index in [9.17, 15) is 9.59 Å². The Morgan fingerprint density at radius 1 is 1.15 bits per heavy atom. The van der Waals surface area contributed by atoms with Crippen LogP contribution >= 0.6 is 23.2 Å². The maximum absolute atomic E-state index is 12.4. The molecule has 0 spiro atoms. The third-order valence-electron chi connectivity index (χ3n) is 4.21. The molecule has 0 bridgehead atoms. The van der Waals surface area contributed by atoms with Crippen LogP contribution < -0.4 is 10.2 Å². The number of rotatable bonds is 4. The summed E-state index contributed by atoms with van der Waals surface area (Å²) < 4.78 is 4.95. The lowest BCUT2D eigenvalue weighted by Gasteiger charge is -2.29. The number of halogens is 2. The second kappa shape index (κ2) is 8.08. The lowest BCUT2D eigenvalue weighted by atomic mass is 10.0. The molecule has 5 nitrogen and oxygen atoms in total. The Hall–Kier alpha value is -2.08. The van der Waals surface area contributed by atoms with Gasteiger partial charge in [-0.25, -0.2) is 0 Å². The fraction of sp³-hybridized carbons (Fsp3) is 0.263. The average molecular weight is 393 g/mol. The highest BCUT2D eigenvalue weighted by atomic mass is 35.5. The Morgan fingerprint density at radius 3 is 2.69 bits per heavy atom.